The van der Waals surface area contributed by atoms with E-state index in [1.54, 1.807) is 0 Å². The molecule has 3 N–H and O–H groups in total. The van der Waals surface area contributed by atoms with Crippen LogP contribution in [0.5, 0.6) is 0 Å². The van der Waals surface area contributed by atoms with Crippen LogP contribution in [-0.2, 0) is 4.74 Å². The van der Waals surface area contributed by atoms with Crippen LogP contribution in [0.15, 0.2) is 29.3 Å². The molecule has 0 saturated carbocycles. The molecule has 0 aliphatic carbocycles. The van der Waals surface area contributed by atoms with Crippen molar-refractivity contribution < 1.29 is 4.74 Å². The highest BCUT2D eigenvalue weighted by molar-refractivity contribution is 14.0. The molecule has 1 aromatic rings. The van der Waals surface area contributed by atoms with Gasteiger partial charge in [0.05, 0.1) is 13.2 Å². The lowest BCUT2D eigenvalue weighted by atomic mass is 10.2. The molecular formula is C19H34IN5O. The summed E-state index contributed by atoms with van der Waals surface area (Å²) in [5, 5.41) is 3.23. The number of para-hydroxylation sites is 1. The predicted octanol–water partition coefficient (Wildman–Crippen LogP) is 2.07. The normalized spacial score (nSPS) is 15.4. The Morgan fingerprint density at radius 3 is 2.73 bits per heavy atom. The van der Waals surface area contributed by atoms with Crippen LogP contribution in [0.1, 0.15) is 18.9 Å². The highest BCUT2D eigenvalue weighted by atomic mass is 127. The van der Waals surface area contributed by atoms with Crippen molar-refractivity contribution in [1.29, 1.82) is 0 Å². The minimum atomic E-state index is 0. The standard InChI is InChI=1S/C19H33N5O.HI/c1-3-24(18-8-5-4-7-17(18)2)12-10-22-19(20)21-9-6-11-23-13-15-25-16-14-23;/h4-5,7-8H,3,6,9-16H2,1-2H3,(H3,20,21,22);1H. The quantitative estimate of drug-likeness (QED) is 0.248. The molecule has 0 amide bonds. The number of hydrogen-bond donors (Lipinski definition) is 2. The lowest BCUT2D eigenvalue weighted by Gasteiger charge is -2.26. The fourth-order valence-electron chi connectivity index (χ4n) is 3.06. The Hall–Kier alpha value is -1.06. The number of rotatable bonds is 9. The van der Waals surface area contributed by atoms with Crippen molar-refractivity contribution in [2.24, 2.45) is 10.7 Å². The molecule has 26 heavy (non-hydrogen) atoms. The number of halogens is 1. The first-order chi connectivity index (χ1) is 12.2. The van der Waals surface area contributed by atoms with E-state index in [1.165, 1.54) is 11.3 Å². The summed E-state index contributed by atoms with van der Waals surface area (Å²) in [5.74, 6) is 0.544. The Balaban J connectivity index is 0.00000338. The molecule has 0 radical (unpaired) electrons. The minimum absolute atomic E-state index is 0. The van der Waals surface area contributed by atoms with Gasteiger partial charge in [-0.25, -0.2) is 0 Å². The molecule has 1 heterocycles. The van der Waals surface area contributed by atoms with Crippen LogP contribution in [0.3, 0.4) is 0 Å². The van der Waals surface area contributed by atoms with E-state index in [2.05, 4.69) is 58.2 Å². The average Bonchev–Trinajstić information content (AvgIpc) is 2.64. The first kappa shape index (κ1) is 23.0. The van der Waals surface area contributed by atoms with E-state index in [0.29, 0.717) is 5.96 Å². The maximum atomic E-state index is 5.98. The van der Waals surface area contributed by atoms with Crippen LogP contribution in [-0.4, -0.2) is 69.9 Å². The van der Waals surface area contributed by atoms with Crippen molar-refractivity contribution in [2.75, 3.05) is 63.9 Å². The van der Waals surface area contributed by atoms with Crippen molar-refractivity contribution in [3.05, 3.63) is 29.8 Å². The summed E-state index contributed by atoms with van der Waals surface area (Å²) in [5.41, 5.74) is 8.56. The molecule has 148 valence electrons. The van der Waals surface area contributed by atoms with Gasteiger partial charge < -0.3 is 20.7 Å². The predicted molar refractivity (Wildman–Crippen MR) is 121 cm³/mol. The lowest BCUT2D eigenvalue weighted by Crippen LogP contribution is -2.39. The third kappa shape index (κ3) is 8.09. The van der Waals surface area contributed by atoms with Crippen LogP contribution < -0.4 is 16.0 Å². The van der Waals surface area contributed by atoms with Gasteiger partial charge >= 0.3 is 0 Å². The number of ether oxygens (including phenoxy) is 1. The van der Waals surface area contributed by atoms with Gasteiger partial charge in [-0.1, -0.05) is 18.2 Å². The van der Waals surface area contributed by atoms with E-state index in [1.807, 2.05) is 0 Å². The molecular weight excluding hydrogens is 441 g/mol. The Morgan fingerprint density at radius 1 is 1.31 bits per heavy atom. The molecule has 6 nitrogen and oxygen atoms in total. The summed E-state index contributed by atoms with van der Waals surface area (Å²) in [4.78, 5) is 9.20. The lowest BCUT2D eigenvalue weighted by molar-refractivity contribution is 0.0377. The number of aliphatic imine (C=N–C) groups is 1. The number of hydrogen-bond acceptors (Lipinski definition) is 4. The SMILES string of the molecule is CCN(CCNC(N)=NCCCN1CCOCC1)c1ccccc1C.I. The van der Waals surface area contributed by atoms with Gasteiger partial charge in [0.1, 0.15) is 0 Å². The maximum Gasteiger partial charge on any atom is 0.188 e. The van der Waals surface area contributed by atoms with Gasteiger partial charge in [-0.15, -0.1) is 24.0 Å². The van der Waals surface area contributed by atoms with Crippen LogP contribution in [0, 0.1) is 6.92 Å². The number of benzene rings is 1. The molecule has 1 aliphatic heterocycles. The second kappa shape index (κ2) is 13.2. The largest absolute Gasteiger partial charge is 0.379 e. The summed E-state index contributed by atoms with van der Waals surface area (Å²) >= 11 is 0. The molecule has 0 bridgehead atoms. The first-order valence-electron chi connectivity index (χ1n) is 9.35. The van der Waals surface area contributed by atoms with E-state index >= 15 is 0 Å². The van der Waals surface area contributed by atoms with Crippen LogP contribution in [0.2, 0.25) is 0 Å². The zero-order valence-corrected chi connectivity index (χ0v) is 18.4. The van der Waals surface area contributed by atoms with Gasteiger partial charge in [0.25, 0.3) is 0 Å². The van der Waals surface area contributed by atoms with Gasteiger partial charge in [-0.2, -0.15) is 0 Å². The molecule has 1 saturated heterocycles. The molecule has 1 fully saturated rings. The zero-order chi connectivity index (χ0) is 17.9. The van der Waals surface area contributed by atoms with E-state index in [4.69, 9.17) is 10.5 Å². The van der Waals surface area contributed by atoms with Crippen LogP contribution in [0.25, 0.3) is 0 Å². The second-order valence-corrected chi connectivity index (χ2v) is 6.37. The van der Waals surface area contributed by atoms with Crippen molar-refractivity contribution in [3.8, 4) is 0 Å². The van der Waals surface area contributed by atoms with Crippen molar-refractivity contribution in [1.82, 2.24) is 10.2 Å². The topological polar surface area (TPSA) is 66.1 Å². The number of likely N-dealkylation sites (N-methyl/N-ethyl adjacent to an activating group) is 1. The summed E-state index contributed by atoms with van der Waals surface area (Å²) in [6, 6.07) is 8.48. The number of nitrogens with two attached hydrogens (primary N) is 1. The van der Waals surface area contributed by atoms with Gasteiger partial charge in [0.15, 0.2) is 5.96 Å². The molecule has 1 aromatic carbocycles. The number of nitrogens with zero attached hydrogens (tertiary/aromatic N) is 3. The van der Waals surface area contributed by atoms with Gasteiger partial charge in [-0.05, 0) is 31.9 Å². The highest BCUT2D eigenvalue weighted by Crippen LogP contribution is 2.18. The highest BCUT2D eigenvalue weighted by Gasteiger charge is 2.09. The first-order valence-corrected chi connectivity index (χ1v) is 9.35. The molecule has 7 heteroatoms. The number of guanidine groups is 1. The number of morpholine rings is 1. The summed E-state index contributed by atoms with van der Waals surface area (Å²) in [6.07, 6.45) is 1.03. The zero-order valence-electron chi connectivity index (χ0n) is 16.1. The third-order valence-corrected chi connectivity index (χ3v) is 4.54. The number of anilines is 1. The summed E-state index contributed by atoms with van der Waals surface area (Å²) < 4.78 is 5.35. The second-order valence-electron chi connectivity index (χ2n) is 6.37. The van der Waals surface area contributed by atoms with Gasteiger partial charge in [0, 0.05) is 51.5 Å². The van der Waals surface area contributed by atoms with Gasteiger partial charge in [0.2, 0.25) is 0 Å². The Morgan fingerprint density at radius 2 is 2.04 bits per heavy atom. The van der Waals surface area contributed by atoms with E-state index in [0.717, 1.165) is 65.4 Å². The summed E-state index contributed by atoms with van der Waals surface area (Å²) in [7, 11) is 0. The monoisotopic (exact) mass is 475 g/mol. The van der Waals surface area contributed by atoms with E-state index in [9.17, 15) is 0 Å². The average molecular weight is 475 g/mol. The molecule has 0 unspecified atom stereocenters. The smallest absolute Gasteiger partial charge is 0.188 e. The molecule has 2 rings (SSSR count). The molecule has 0 spiro atoms. The maximum absolute atomic E-state index is 5.98. The van der Waals surface area contributed by atoms with E-state index in [-0.39, 0.29) is 24.0 Å². The number of nitrogens with one attached hydrogen (secondary N) is 1. The molecule has 0 aromatic heterocycles. The van der Waals surface area contributed by atoms with E-state index < -0.39 is 0 Å². The fraction of sp³-hybridized carbons (Fsp3) is 0.632. The summed E-state index contributed by atoms with van der Waals surface area (Å²) in [6.45, 7) is 12.6. The third-order valence-electron chi connectivity index (χ3n) is 4.54. The number of aryl methyl sites for hydroxylation is 1. The molecule has 0 atom stereocenters. The Labute approximate surface area is 175 Å². The minimum Gasteiger partial charge on any atom is -0.379 e. The van der Waals surface area contributed by atoms with Crippen molar-refractivity contribution >= 4 is 35.6 Å². The molecule has 1 aliphatic rings. The van der Waals surface area contributed by atoms with Crippen molar-refractivity contribution in [3.63, 3.8) is 0 Å². The Bertz CT molecular complexity index is 534. The van der Waals surface area contributed by atoms with Gasteiger partial charge in [-0.3, -0.25) is 9.89 Å². The Kier molecular flexibility index (Phi) is 11.6. The fourth-order valence-corrected chi connectivity index (χ4v) is 3.06. The van der Waals surface area contributed by atoms with Crippen molar-refractivity contribution in [2.45, 2.75) is 20.3 Å². The van der Waals surface area contributed by atoms with Crippen LogP contribution in [0.4, 0.5) is 5.69 Å². The van der Waals surface area contributed by atoms with Crippen LogP contribution >= 0.6 is 24.0 Å².